The third-order valence-corrected chi connectivity index (χ3v) is 5.00. The Morgan fingerprint density at radius 3 is 1.24 bits per heavy atom. The second-order valence-corrected chi connectivity index (χ2v) is 8.24. The third-order valence-electron chi connectivity index (χ3n) is 3.22. The van der Waals surface area contributed by atoms with Crippen LogP contribution in [0.4, 0.5) is 0 Å². The molecule has 0 heterocycles. The Kier molecular flexibility index (Phi) is 6.42. The van der Waals surface area contributed by atoms with Gasteiger partial charge in [0.05, 0.1) is 0 Å². The quantitative estimate of drug-likeness (QED) is 0.179. The summed E-state index contributed by atoms with van der Waals surface area (Å²) in [7, 11) is -9.60. The van der Waals surface area contributed by atoms with Gasteiger partial charge in [0.15, 0.2) is 0 Å². The van der Waals surface area contributed by atoms with Gasteiger partial charge < -0.3 is 22.9 Å². The van der Waals surface area contributed by atoms with Crippen LogP contribution in [0.25, 0.3) is 0 Å². The average molecular weight is 517 g/mol. The molecule has 0 saturated carbocycles. The summed E-state index contributed by atoms with van der Waals surface area (Å²) in [6.07, 6.45) is 6.28. The Hall–Kier alpha value is -0.263. The maximum absolute atomic E-state index is 11.6. The number of nitrogens with two attached hydrogens (primary N) is 4. The number of rotatable bonds is 2. The molecule has 0 aromatic heterocycles. The predicted molar refractivity (Wildman–Crippen MR) is 86.8 cm³/mol. The maximum Gasteiger partial charge on any atom is 0.294 e. The summed E-state index contributed by atoms with van der Waals surface area (Å²) in [5.74, 6) is 0. The van der Waals surface area contributed by atoms with Gasteiger partial charge >= 0.3 is 0 Å². The molecular formula is C12H16CeN4O6S2. The van der Waals surface area contributed by atoms with Crippen molar-refractivity contribution in [2.75, 3.05) is 0 Å². The molecule has 10 nitrogen and oxygen atoms in total. The molecule has 0 atom stereocenters. The van der Waals surface area contributed by atoms with Gasteiger partial charge in [-0.1, -0.05) is 12.2 Å². The van der Waals surface area contributed by atoms with Crippen LogP contribution >= 0.6 is 0 Å². The molecule has 10 N–H and O–H groups in total. The second-order valence-electron chi connectivity index (χ2n) is 5.46. The molecule has 0 amide bonds. The van der Waals surface area contributed by atoms with E-state index in [4.69, 9.17) is 22.9 Å². The minimum Gasteiger partial charge on any atom is -0.307 e. The van der Waals surface area contributed by atoms with E-state index in [1.54, 1.807) is 0 Å². The van der Waals surface area contributed by atoms with Gasteiger partial charge in [0.25, 0.3) is 20.2 Å². The number of hydrogen-bond donors (Lipinski definition) is 6. The first kappa shape index (κ1) is 22.8. The SMILES string of the molecule is NC1(N)C=CC(=C2C=CC(N)(N)C=C2S(=O)(=O)O)C(S(=O)(=O)O)=C1.[Ce]. The molecule has 0 aromatic carbocycles. The fourth-order valence-electron chi connectivity index (χ4n) is 2.20. The van der Waals surface area contributed by atoms with Crippen molar-refractivity contribution in [1.82, 2.24) is 0 Å². The topological polar surface area (TPSA) is 213 Å². The standard InChI is InChI=1S/C12H16N4O6S2.Ce/c13-11(14)3-1-7(9(5-11)23(17,18)19)8-2-4-12(15,16)6-10(8)24(20,21)22;/h1-6H,13-16H2,(H,17,18,19)(H,20,21,22);. The Morgan fingerprint density at radius 1 is 0.720 bits per heavy atom. The van der Waals surface area contributed by atoms with Crippen LogP contribution in [-0.4, -0.2) is 37.3 Å². The van der Waals surface area contributed by atoms with Crippen molar-refractivity contribution < 1.29 is 67.7 Å². The summed E-state index contributed by atoms with van der Waals surface area (Å²) in [5.41, 5.74) is 18.5. The molecule has 0 unspecified atom stereocenters. The fraction of sp³-hybridized carbons (Fsp3) is 0.167. The molecule has 0 radical (unpaired) electrons. The van der Waals surface area contributed by atoms with Crippen LogP contribution in [0.2, 0.25) is 0 Å². The smallest absolute Gasteiger partial charge is 0.294 e. The minimum absolute atomic E-state index is 0. The van der Waals surface area contributed by atoms with Crippen LogP contribution in [0.3, 0.4) is 0 Å². The molecule has 13 heteroatoms. The van der Waals surface area contributed by atoms with E-state index in [1.807, 2.05) is 0 Å². The Morgan fingerprint density at radius 2 is 1.00 bits per heavy atom. The fourth-order valence-corrected chi connectivity index (χ4v) is 3.82. The first-order chi connectivity index (χ1) is 10.6. The Bertz CT molecular complexity index is 878. The summed E-state index contributed by atoms with van der Waals surface area (Å²) in [4.78, 5) is -1.43. The molecule has 136 valence electrons. The summed E-state index contributed by atoms with van der Waals surface area (Å²) < 4.78 is 65.2. The first-order valence-electron chi connectivity index (χ1n) is 6.32. The largest absolute Gasteiger partial charge is 0.307 e. The van der Waals surface area contributed by atoms with Crippen LogP contribution in [0.5, 0.6) is 0 Å². The monoisotopic (exact) mass is 516 g/mol. The van der Waals surface area contributed by atoms with E-state index in [-0.39, 0.29) is 52.9 Å². The van der Waals surface area contributed by atoms with E-state index in [9.17, 15) is 25.9 Å². The first-order valence-corrected chi connectivity index (χ1v) is 9.20. The van der Waals surface area contributed by atoms with Gasteiger partial charge in [-0.25, -0.2) is 0 Å². The van der Waals surface area contributed by atoms with E-state index >= 15 is 0 Å². The van der Waals surface area contributed by atoms with Crippen LogP contribution in [0.15, 0.2) is 57.4 Å². The molecule has 0 saturated heterocycles. The van der Waals surface area contributed by atoms with Crippen molar-refractivity contribution >= 4 is 20.2 Å². The Balaban J connectivity index is 0.00000312. The minimum atomic E-state index is -4.80. The molecule has 2 aliphatic carbocycles. The second kappa shape index (κ2) is 7.04. The predicted octanol–water partition coefficient (Wildman–Crippen LogP) is -1.81. The van der Waals surface area contributed by atoms with Gasteiger partial charge in [-0.2, -0.15) is 16.8 Å². The van der Waals surface area contributed by atoms with E-state index in [2.05, 4.69) is 0 Å². The average Bonchev–Trinajstić information content (AvgIpc) is 2.35. The van der Waals surface area contributed by atoms with Gasteiger partial charge in [0, 0.05) is 52.9 Å². The van der Waals surface area contributed by atoms with Crippen molar-refractivity contribution in [2.45, 2.75) is 11.3 Å². The van der Waals surface area contributed by atoms with Gasteiger partial charge in [-0.15, -0.1) is 0 Å². The van der Waals surface area contributed by atoms with E-state index in [1.165, 1.54) is 12.2 Å². The van der Waals surface area contributed by atoms with Crippen LogP contribution < -0.4 is 22.9 Å². The van der Waals surface area contributed by atoms with Crippen molar-refractivity contribution in [2.24, 2.45) is 22.9 Å². The van der Waals surface area contributed by atoms with Crippen molar-refractivity contribution in [1.29, 1.82) is 0 Å². The van der Waals surface area contributed by atoms with E-state index < -0.39 is 41.4 Å². The van der Waals surface area contributed by atoms with Crippen molar-refractivity contribution in [3.8, 4) is 0 Å². The number of hydrogen-bond acceptors (Lipinski definition) is 8. The number of allylic oxidation sites excluding steroid dienone is 4. The zero-order valence-corrected chi connectivity index (χ0v) is 17.4. The van der Waals surface area contributed by atoms with Crippen LogP contribution in [0.1, 0.15) is 0 Å². The van der Waals surface area contributed by atoms with E-state index in [0.29, 0.717) is 0 Å². The van der Waals surface area contributed by atoms with Gasteiger partial charge in [-0.05, 0) is 24.3 Å². The Labute approximate surface area is 178 Å². The molecular weight excluding hydrogens is 500 g/mol. The zero-order chi connectivity index (χ0) is 18.6. The van der Waals surface area contributed by atoms with Crippen LogP contribution in [-0.2, 0) is 20.2 Å². The summed E-state index contributed by atoms with van der Waals surface area (Å²) in [5, 5.41) is 0. The molecule has 2 aliphatic rings. The summed E-state index contributed by atoms with van der Waals surface area (Å²) >= 11 is 0. The van der Waals surface area contributed by atoms with Gasteiger partial charge in [0.1, 0.15) is 21.1 Å². The zero-order valence-electron chi connectivity index (χ0n) is 12.6. The molecule has 0 aliphatic heterocycles. The normalized spacial score (nSPS) is 25.0. The molecule has 25 heavy (non-hydrogen) atoms. The van der Waals surface area contributed by atoms with Crippen molar-refractivity contribution in [3.05, 3.63) is 57.4 Å². The molecule has 0 fully saturated rings. The van der Waals surface area contributed by atoms with Crippen LogP contribution in [0, 0.1) is 41.7 Å². The van der Waals surface area contributed by atoms with Gasteiger partial charge in [0.2, 0.25) is 0 Å². The van der Waals surface area contributed by atoms with Gasteiger partial charge in [-0.3, -0.25) is 9.11 Å². The summed E-state index contributed by atoms with van der Waals surface area (Å²) in [6, 6.07) is 0. The summed E-state index contributed by atoms with van der Waals surface area (Å²) in [6.45, 7) is 0. The third kappa shape index (κ3) is 5.36. The van der Waals surface area contributed by atoms with E-state index in [0.717, 1.165) is 24.3 Å². The maximum atomic E-state index is 11.6. The molecule has 0 spiro atoms. The molecule has 0 aromatic rings. The van der Waals surface area contributed by atoms with Crippen molar-refractivity contribution in [3.63, 3.8) is 0 Å². The molecule has 2 rings (SSSR count). The molecule has 0 bridgehead atoms.